The molecule has 1 aliphatic heterocycles. The minimum atomic E-state index is 0.461. The van der Waals surface area contributed by atoms with Crippen LogP contribution in [-0.2, 0) is 0 Å². The number of thiophene rings is 1. The summed E-state index contributed by atoms with van der Waals surface area (Å²) >= 11 is 3.44. The summed E-state index contributed by atoms with van der Waals surface area (Å²) in [6, 6.07) is 2.05. The van der Waals surface area contributed by atoms with Crippen LogP contribution < -0.4 is 5.32 Å². The molecule has 0 bridgehead atoms. The highest BCUT2D eigenvalue weighted by Gasteiger charge is 2.06. The smallest absolute Gasteiger partial charge is 0.138 e. The van der Waals surface area contributed by atoms with Crippen molar-refractivity contribution in [1.82, 2.24) is 9.97 Å². The second-order valence-electron chi connectivity index (χ2n) is 4.09. The molecule has 3 nitrogen and oxygen atoms in total. The van der Waals surface area contributed by atoms with Crippen LogP contribution >= 0.6 is 23.1 Å². The van der Waals surface area contributed by atoms with Crippen LogP contribution in [0.2, 0.25) is 0 Å². The predicted octanol–water partition coefficient (Wildman–Crippen LogP) is 3.52. The molecule has 0 saturated carbocycles. The molecule has 2 aromatic rings. The van der Waals surface area contributed by atoms with E-state index in [-0.39, 0.29) is 0 Å². The van der Waals surface area contributed by atoms with Gasteiger partial charge < -0.3 is 5.32 Å². The molecule has 19 heavy (non-hydrogen) atoms. The largest absolute Gasteiger partial charge is 0.368 e. The van der Waals surface area contributed by atoms with Crippen molar-refractivity contribution in [2.24, 2.45) is 0 Å². The summed E-state index contributed by atoms with van der Waals surface area (Å²) in [7, 11) is 0. The van der Waals surface area contributed by atoms with Crippen LogP contribution in [0, 0.1) is 11.8 Å². The van der Waals surface area contributed by atoms with Gasteiger partial charge in [-0.15, -0.1) is 29.0 Å². The lowest BCUT2D eigenvalue weighted by Crippen LogP contribution is -2.03. The molecule has 0 radical (unpaired) electrons. The fourth-order valence-electron chi connectivity index (χ4n) is 1.84. The zero-order chi connectivity index (χ0) is 12.9. The maximum absolute atomic E-state index is 4.28. The van der Waals surface area contributed by atoms with Crippen LogP contribution in [0.4, 0.5) is 5.82 Å². The molecule has 0 saturated heterocycles. The van der Waals surface area contributed by atoms with Crippen molar-refractivity contribution in [1.29, 1.82) is 0 Å². The first-order valence-electron chi connectivity index (χ1n) is 6.14. The summed E-state index contributed by atoms with van der Waals surface area (Å²) < 4.78 is 0. The van der Waals surface area contributed by atoms with Crippen LogP contribution in [0.3, 0.4) is 0 Å². The summed E-state index contributed by atoms with van der Waals surface area (Å²) in [6.45, 7) is 0.819. The van der Waals surface area contributed by atoms with E-state index < -0.39 is 0 Å². The lowest BCUT2D eigenvalue weighted by atomic mass is 10.3. The Hall–Kier alpha value is -1.51. The number of nitrogens with zero attached hydrogens (tertiary/aromatic N) is 2. The van der Waals surface area contributed by atoms with Crippen LogP contribution in [0.1, 0.15) is 12.8 Å². The van der Waals surface area contributed by atoms with E-state index in [4.69, 9.17) is 0 Å². The van der Waals surface area contributed by atoms with E-state index in [0.29, 0.717) is 5.25 Å². The average molecular weight is 287 g/mol. The Balaban J connectivity index is 1.53. The number of aromatic nitrogens is 2. The van der Waals surface area contributed by atoms with Crippen LogP contribution in [0.5, 0.6) is 0 Å². The van der Waals surface area contributed by atoms with Gasteiger partial charge in [0.05, 0.1) is 10.6 Å². The molecule has 1 atom stereocenters. The molecule has 2 aromatic heterocycles. The first-order chi connectivity index (χ1) is 9.43. The van der Waals surface area contributed by atoms with Gasteiger partial charge in [-0.25, -0.2) is 9.97 Å². The molecule has 0 spiro atoms. The summed E-state index contributed by atoms with van der Waals surface area (Å²) in [6.07, 6.45) is 5.70. The Bertz CT molecular complexity index is 643. The number of nitrogens with one attached hydrogen (secondary N) is 1. The van der Waals surface area contributed by atoms with E-state index in [1.165, 1.54) is 0 Å². The van der Waals surface area contributed by atoms with Gasteiger partial charge in [-0.1, -0.05) is 12.0 Å². The summed E-state index contributed by atoms with van der Waals surface area (Å²) in [5, 5.41) is 9.05. The van der Waals surface area contributed by atoms with Gasteiger partial charge in [-0.2, -0.15) is 0 Å². The highest BCUT2D eigenvalue weighted by molar-refractivity contribution is 8.03. The summed E-state index contributed by atoms with van der Waals surface area (Å²) in [5.74, 6) is 7.41. The molecule has 0 aliphatic carbocycles. The Morgan fingerprint density at radius 3 is 3.32 bits per heavy atom. The first kappa shape index (κ1) is 12.5. The molecular formula is C14H13N3S2. The predicted molar refractivity (Wildman–Crippen MR) is 83.4 cm³/mol. The molecule has 3 heterocycles. The number of hydrogen-bond acceptors (Lipinski definition) is 5. The molecule has 3 rings (SSSR count). The third kappa shape index (κ3) is 3.09. The monoisotopic (exact) mass is 287 g/mol. The Morgan fingerprint density at radius 2 is 2.42 bits per heavy atom. The average Bonchev–Trinajstić information content (AvgIpc) is 3.09. The molecule has 1 aliphatic rings. The van der Waals surface area contributed by atoms with Gasteiger partial charge in [0.1, 0.15) is 17.0 Å². The first-order valence-corrected chi connectivity index (χ1v) is 7.96. The minimum Gasteiger partial charge on any atom is -0.368 e. The zero-order valence-electron chi connectivity index (χ0n) is 10.3. The van der Waals surface area contributed by atoms with Gasteiger partial charge in [-0.05, 0) is 23.3 Å². The standard InChI is InChI=1S/C14H13N3S2/c1(4-11-5-3-8-18-11)2-7-15-13-12-6-9-19-14(12)17-10-16-13/h3,6,8-11H,2,5,7H2,(H,15,16,17). The fraction of sp³-hybridized carbons (Fsp3) is 0.286. The fourth-order valence-corrected chi connectivity index (χ4v) is 3.36. The lowest BCUT2D eigenvalue weighted by Gasteiger charge is -2.03. The van der Waals surface area contributed by atoms with Crippen molar-refractivity contribution in [2.45, 2.75) is 18.1 Å². The normalized spacial score (nSPS) is 17.4. The van der Waals surface area contributed by atoms with Crippen molar-refractivity contribution in [2.75, 3.05) is 11.9 Å². The Morgan fingerprint density at radius 1 is 1.42 bits per heavy atom. The summed E-state index contributed by atoms with van der Waals surface area (Å²) in [4.78, 5) is 9.53. The van der Waals surface area contributed by atoms with E-state index in [1.54, 1.807) is 29.4 Å². The van der Waals surface area contributed by atoms with Gasteiger partial charge in [-0.3, -0.25) is 0 Å². The molecule has 0 fully saturated rings. The molecule has 0 aromatic carbocycles. The Labute approximate surface area is 120 Å². The molecule has 5 heteroatoms. The van der Waals surface area contributed by atoms with Crippen molar-refractivity contribution in [3.8, 4) is 11.8 Å². The van der Waals surface area contributed by atoms with E-state index in [1.807, 2.05) is 5.38 Å². The van der Waals surface area contributed by atoms with Crippen LogP contribution in [-0.4, -0.2) is 21.8 Å². The topological polar surface area (TPSA) is 37.8 Å². The van der Waals surface area contributed by atoms with Gasteiger partial charge in [0, 0.05) is 13.0 Å². The van der Waals surface area contributed by atoms with Crippen molar-refractivity contribution >= 4 is 39.1 Å². The maximum atomic E-state index is 4.28. The summed E-state index contributed by atoms with van der Waals surface area (Å²) in [5.41, 5.74) is 0. The van der Waals surface area contributed by atoms with E-state index in [0.717, 1.165) is 35.4 Å². The zero-order valence-corrected chi connectivity index (χ0v) is 11.9. The van der Waals surface area contributed by atoms with Crippen molar-refractivity contribution < 1.29 is 0 Å². The Kier molecular flexibility index (Phi) is 4.01. The van der Waals surface area contributed by atoms with Crippen molar-refractivity contribution in [3.05, 3.63) is 29.3 Å². The van der Waals surface area contributed by atoms with Gasteiger partial charge in [0.15, 0.2) is 0 Å². The minimum absolute atomic E-state index is 0.461. The van der Waals surface area contributed by atoms with Crippen LogP contribution in [0.15, 0.2) is 29.3 Å². The van der Waals surface area contributed by atoms with Gasteiger partial charge in [0.2, 0.25) is 0 Å². The van der Waals surface area contributed by atoms with Gasteiger partial charge >= 0.3 is 0 Å². The second kappa shape index (κ2) is 6.09. The number of rotatable bonds is 3. The molecule has 1 unspecified atom stereocenters. The van der Waals surface area contributed by atoms with E-state index in [9.17, 15) is 0 Å². The quantitative estimate of drug-likeness (QED) is 0.692. The molecular weight excluding hydrogens is 274 g/mol. The molecule has 1 N–H and O–H groups in total. The second-order valence-corrected chi connectivity index (χ2v) is 6.10. The third-order valence-electron chi connectivity index (χ3n) is 2.76. The SMILES string of the molecule is C(#CC1CC=CS1)CCNc1ncnc2sccc12. The van der Waals surface area contributed by atoms with Gasteiger partial charge in [0.25, 0.3) is 0 Å². The highest BCUT2D eigenvalue weighted by Crippen LogP contribution is 2.24. The third-order valence-corrected chi connectivity index (χ3v) is 4.57. The lowest BCUT2D eigenvalue weighted by molar-refractivity contribution is 1.06. The van der Waals surface area contributed by atoms with E-state index >= 15 is 0 Å². The van der Waals surface area contributed by atoms with Crippen molar-refractivity contribution in [3.63, 3.8) is 0 Å². The molecule has 0 amide bonds. The number of fused-ring (bicyclic) bond motifs is 1. The van der Waals surface area contributed by atoms with Crippen LogP contribution in [0.25, 0.3) is 10.2 Å². The maximum Gasteiger partial charge on any atom is 0.138 e. The number of allylic oxidation sites excluding steroid dienone is 1. The number of anilines is 1. The van der Waals surface area contributed by atoms with E-state index in [2.05, 4.69) is 44.7 Å². The number of thioether (sulfide) groups is 1. The number of hydrogen-bond donors (Lipinski definition) is 1. The highest BCUT2D eigenvalue weighted by atomic mass is 32.2. The molecule has 96 valence electrons.